The molecule has 16 heteroatoms. The number of sulfonamides is 1. The second kappa shape index (κ2) is 14.8. The summed E-state index contributed by atoms with van der Waals surface area (Å²) in [5.41, 5.74) is -0.298. The standard InChI is InChI=1S/C30H37FN4O9S2/c1-29(2,3)43-26(36)24-25(45-18-33-24)35(17-19-8-10-20(41-7)11-9-19)46(39,40)21-12-13-23(22(31)16-21)34-28(38)42-15-14-32-27(37)44-30(4,5)6/h8-13,16,18H,14-15,17H2,1-7H3,(H,32,37)(H,34,38). The van der Waals surface area contributed by atoms with Crippen LogP contribution in [-0.4, -0.2) is 63.0 Å². The molecule has 0 bridgehead atoms. The number of nitrogens with zero attached hydrogens (tertiary/aromatic N) is 2. The van der Waals surface area contributed by atoms with Crippen LogP contribution in [0.3, 0.4) is 0 Å². The van der Waals surface area contributed by atoms with E-state index < -0.39 is 50.1 Å². The van der Waals surface area contributed by atoms with E-state index in [-0.39, 0.29) is 36.1 Å². The van der Waals surface area contributed by atoms with Crippen molar-refractivity contribution in [2.75, 3.05) is 29.9 Å². The molecule has 1 aromatic heterocycles. The van der Waals surface area contributed by atoms with Crippen LogP contribution >= 0.6 is 11.3 Å². The highest BCUT2D eigenvalue weighted by Crippen LogP contribution is 2.34. The fourth-order valence-electron chi connectivity index (χ4n) is 3.69. The number of rotatable bonds is 11. The zero-order valence-electron chi connectivity index (χ0n) is 26.5. The number of hydrogen-bond acceptors (Lipinski definition) is 11. The molecule has 0 atom stereocenters. The largest absolute Gasteiger partial charge is 0.497 e. The summed E-state index contributed by atoms with van der Waals surface area (Å²) in [6, 6.07) is 9.51. The van der Waals surface area contributed by atoms with E-state index >= 15 is 4.39 Å². The first kappa shape index (κ1) is 36.0. The third-order valence-corrected chi connectivity index (χ3v) is 8.33. The van der Waals surface area contributed by atoms with Gasteiger partial charge in [-0.15, -0.1) is 11.3 Å². The van der Waals surface area contributed by atoms with Crippen LogP contribution in [0.15, 0.2) is 52.9 Å². The first-order chi connectivity index (χ1) is 21.4. The smallest absolute Gasteiger partial charge is 0.411 e. The van der Waals surface area contributed by atoms with Crippen molar-refractivity contribution < 1.29 is 46.1 Å². The van der Waals surface area contributed by atoms with E-state index in [9.17, 15) is 22.8 Å². The van der Waals surface area contributed by atoms with Crippen molar-refractivity contribution >= 4 is 50.2 Å². The van der Waals surface area contributed by atoms with Crippen molar-refractivity contribution in [1.82, 2.24) is 10.3 Å². The summed E-state index contributed by atoms with van der Waals surface area (Å²) in [6.07, 6.45) is -1.73. The van der Waals surface area contributed by atoms with Crippen molar-refractivity contribution in [3.8, 4) is 5.75 Å². The topological polar surface area (TPSA) is 162 Å². The van der Waals surface area contributed by atoms with Crippen molar-refractivity contribution in [2.45, 2.75) is 64.2 Å². The lowest BCUT2D eigenvalue weighted by Gasteiger charge is -2.25. The molecule has 0 fully saturated rings. The zero-order valence-corrected chi connectivity index (χ0v) is 28.1. The van der Waals surface area contributed by atoms with Crippen LogP contribution in [0.1, 0.15) is 57.6 Å². The molecule has 0 unspecified atom stereocenters. The third-order valence-electron chi connectivity index (χ3n) is 5.62. The highest BCUT2D eigenvalue weighted by atomic mass is 32.2. The van der Waals surface area contributed by atoms with Crippen LogP contribution in [0, 0.1) is 5.82 Å². The summed E-state index contributed by atoms with van der Waals surface area (Å²) >= 11 is 0.899. The number of carbonyl (C=O) groups is 3. The number of anilines is 2. The molecule has 0 spiro atoms. The number of alkyl carbamates (subject to hydrolysis) is 1. The van der Waals surface area contributed by atoms with E-state index in [1.165, 1.54) is 12.6 Å². The SMILES string of the molecule is COc1ccc(CN(c2scnc2C(=O)OC(C)(C)C)S(=O)(=O)c2ccc(NC(=O)OCCNC(=O)OC(C)(C)C)c(F)c2)cc1. The van der Waals surface area contributed by atoms with E-state index in [0.717, 1.165) is 33.8 Å². The quantitative estimate of drug-likeness (QED) is 0.146. The summed E-state index contributed by atoms with van der Waals surface area (Å²) < 4.78 is 64.8. The van der Waals surface area contributed by atoms with Crippen molar-refractivity contribution in [3.05, 3.63) is 65.0 Å². The maximum absolute atomic E-state index is 15.2. The molecule has 46 heavy (non-hydrogen) atoms. The van der Waals surface area contributed by atoms with Gasteiger partial charge in [0.05, 0.1) is 36.3 Å². The van der Waals surface area contributed by atoms with Crippen LogP contribution in [0.4, 0.5) is 24.7 Å². The number of benzene rings is 2. The number of halogens is 1. The number of thiazole rings is 1. The first-order valence-electron chi connectivity index (χ1n) is 13.9. The van der Waals surface area contributed by atoms with E-state index in [1.807, 2.05) is 0 Å². The van der Waals surface area contributed by atoms with E-state index in [0.29, 0.717) is 11.3 Å². The van der Waals surface area contributed by atoms with Crippen LogP contribution in [0.5, 0.6) is 5.75 Å². The molecule has 0 aliphatic rings. The summed E-state index contributed by atoms with van der Waals surface area (Å²) in [4.78, 5) is 40.5. The molecule has 13 nitrogen and oxygen atoms in total. The Hall–Kier alpha value is -4.44. The molecule has 3 aromatic rings. The van der Waals surface area contributed by atoms with Gasteiger partial charge in [-0.2, -0.15) is 0 Å². The third kappa shape index (κ3) is 10.3. The number of nitrogens with one attached hydrogen (secondary N) is 2. The lowest BCUT2D eigenvalue weighted by molar-refractivity contribution is 0.00642. The van der Waals surface area contributed by atoms with E-state index in [1.54, 1.807) is 65.8 Å². The predicted octanol–water partition coefficient (Wildman–Crippen LogP) is 5.71. The van der Waals surface area contributed by atoms with Gasteiger partial charge in [-0.1, -0.05) is 12.1 Å². The lowest BCUT2D eigenvalue weighted by atomic mass is 10.2. The van der Waals surface area contributed by atoms with Gasteiger partial charge in [0, 0.05) is 0 Å². The number of carbonyl (C=O) groups excluding carboxylic acids is 3. The van der Waals surface area contributed by atoms with Gasteiger partial charge < -0.3 is 24.3 Å². The predicted molar refractivity (Wildman–Crippen MR) is 169 cm³/mol. The molecule has 0 saturated heterocycles. The van der Waals surface area contributed by atoms with Crippen LogP contribution in [0.25, 0.3) is 0 Å². The molecule has 250 valence electrons. The van der Waals surface area contributed by atoms with Gasteiger partial charge in [0.2, 0.25) is 0 Å². The number of aromatic nitrogens is 1. The second-order valence-electron chi connectivity index (χ2n) is 11.7. The average molecular weight is 681 g/mol. The fraction of sp³-hybridized carbons (Fsp3) is 0.400. The molecule has 0 saturated carbocycles. The molecule has 0 aliphatic heterocycles. The Balaban J connectivity index is 1.83. The number of amides is 2. The molecular formula is C30H37FN4O9S2. The highest BCUT2D eigenvalue weighted by molar-refractivity contribution is 7.93. The fourth-order valence-corrected chi connectivity index (χ4v) is 6.17. The van der Waals surface area contributed by atoms with Crippen LogP contribution < -0.4 is 19.7 Å². The summed E-state index contributed by atoms with van der Waals surface area (Å²) in [7, 11) is -3.02. The summed E-state index contributed by atoms with van der Waals surface area (Å²) in [5, 5.41) is 4.58. The molecule has 0 aliphatic carbocycles. The first-order valence-corrected chi connectivity index (χ1v) is 16.2. The Morgan fingerprint density at radius 1 is 0.957 bits per heavy atom. The van der Waals surface area contributed by atoms with Crippen molar-refractivity contribution in [3.63, 3.8) is 0 Å². The second-order valence-corrected chi connectivity index (χ2v) is 14.4. The minimum Gasteiger partial charge on any atom is -0.497 e. The van der Waals surface area contributed by atoms with Gasteiger partial charge in [-0.05, 0) is 77.4 Å². The Morgan fingerprint density at radius 2 is 1.61 bits per heavy atom. The normalized spacial score (nSPS) is 11.7. The van der Waals surface area contributed by atoms with Gasteiger partial charge in [0.1, 0.15) is 34.4 Å². The Bertz CT molecular complexity index is 1650. The highest BCUT2D eigenvalue weighted by Gasteiger charge is 2.33. The van der Waals surface area contributed by atoms with Gasteiger partial charge in [-0.3, -0.25) is 9.62 Å². The number of esters is 1. The number of hydrogen-bond donors (Lipinski definition) is 2. The Kier molecular flexibility index (Phi) is 11.6. The van der Waals surface area contributed by atoms with Gasteiger partial charge >= 0.3 is 18.2 Å². The van der Waals surface area contributed by atoms with Crippen LogP contribution in [0.2, 0.25) is 0 Å². The van der Waals surface area contributed by atoms with Gasteiger partial charge in [-0.25, -0.2) is 32.2 Å². The van der Waals surface area contributed by atoms with Crippen molar-refractivity contribution in [2.24, 2.45) is 0 Å². The molecule has 2 aromatic carbocycles. The maximum Gasteiger partial charge on any atom is 0.411 e. The minimum atomic E-state index is -4.52. The lowest BCUT2D eigenvalue weighted by Crippen LogP contribution is -2.34. The molecular weight excluding hydrogens is 643 g/mol. The molecule has 2 N–H and O–H groups in total. The number of methoxy groups -OCH3 is 1. The molecule has 1 heterocycles. The Labute approximate surface area is 271 Å². The van der Waals surface area contributed by atoms with E-state index in [4.69, 9.17) is 18.9 Å². The zero-order chi connectivity index (χ0) is 34.3. The average Bonchev–Trinajstić information content (AvgIpc) is 3.43. The minimum absolute atomic E-state index is 0.0313. The maximum atomic E-state index is 15.2. The Morgan fingerprint density at radius 3 is 2.20 bits per heavy atom. The molecule has 3 rings (SSSR count). The monoisotopic (exact) mass is 680 g/mol. The van der Waals surface area contributed by atoms with Gasteiger partial charge in [0.25, 0.3) is 10.0 Å². The molecule has 2 amide bonds. The molecule has 0 radical (unpaired) electrons. The van der Waals surface area contributed by atoms with Crippen LogP contribution in [-0.2, 0) is 30.8 Å². The van der Waals surface area contributed by atoms with Gasteiger partial charge in [0.15, 0.2) is 5.69 Å². The van der Waals surface area contributed by atoms with Crippen molar-refractivity contribution in [1.29, 1.82) is 0 Å². The van der Waals surface area contributed by atoms with E-state index in [2.05, 4.69) is 15.6 Å². The summed E-state index contributed by atoms with van der Waals surface area (Å²) in [6.45, 7) is 9.54. The summed E-state index contributed by atoms with van der Waals surface area (Å²) in [5.74, 6) is -1.34. The number of ether oxygens (including phenoxy) is 4.